The number of rotatable bonds is 4. The Bertz CT molecular complexity index is 509. The van der Waals surface area contributed by atoms with Crippen LogP contribution < -0.4 is 0 Å². The van der Waals surface area contributed by atoms with Crippen LogP contribution in [0, 0.1) is 17.0 Å². The highest BCUT2D eigenvalue weighted by Gasteiger charge is 2.10. The predicted octanol–water partition coefficient (Wildman–Crippen LogP) is 1.38. The van der Waals surface area contributed by atoms with Crippen LogP contribution in [0.2, 0.25) is 0 Å². The molecule has 0 bridgehead atoms. The number of nitro groups is 1. The maximum absolute atomic E-state index is 10.8. The molecule has 0 unspecified atom stereocenters. The van der Waals surface area contributed by atoms with Gasteiger partial charge in [-0.2, -0.15) is 8.42 Å². The predicted molar refractivity (Wildman–Crippen MR) is 57.5 cm³/mol. The summed E-state index contributed by atoms with van der Waals surface area (Å²) < 4.78 is 26.1. The fourth-order valence-electron chi connectivity index (χ4n) is 1.10. The molecule has 0 aromatic heterocycles. The molecule has 1 rings (SSSR count). The molecule has 0 saturated heterocycles. The van der Waals surface area contributed by atoms with Crippen LogP contribution in [-0.4, -0.2) is 19.6 Å². The summed E-state index contributed by atoms with van der Waals surface area (Å²) in [5.74, 6) is 0. The first kappa shape index (κ1) is 12.6. The van der Waals surface area contributed by atoms with Crippen LogP contribution in [0.25, 0.3) is 0 Å². The minimum Gasteiger partial charge on any atom is -0.265 e. The fraction of sp³-hybridized carbons (Fsp3) is 0.333. The van der Waals surface area contributed by atoms with Gasteiger partial charge in [-0.05, 0) is 18.1 Å². The number of hydrogen-bond donors (Lipinski definition) is 0. The van der Waals surface area contributed by atoms with E-state index in [1.807, 2.05) is 0 Å². The third kappa shape index (κ3) is 3.59. The molecular weight excluding hydrogens is 234 g/mol. The summed E-state index contributed by atoms with van der Waals surface area (Å²) in [6, 6.07) is 4.22. The van der Waals surface area contributed by atoms with E-state index in [-0.39, 0.29) is 12.3 Å². The summed E-state index contributed by atoms with van der Waals surface area (Å²) in [6.45, 7) is 1.54. The lowest BCUT2D eigenvalue weighted by molar-refractivity contribution is -0.385. The van der Waals surface area contributed by atoms with Crippen LogP contribution in [0.4, 0.5) is 5.69 Å². The Morgan fingerprint density at radius 3 is 2.56 bits per heavy atom. The molecule has 0 radical (unpaired) electrons. The Hall–Kier alpha value is -1.47. The van der Waals surface area contributed by atoms with Crippen molar-refractivity contribution in [2.45, 2.75) is 13.5 Å². The Balaban J connectivity index is 2.95. The van der Waals surface area contributed by atoms with E-state index in [9.17, 15) is 18.5 Å². The minimum absolute atomic E-state index is 0.0855. The standard InChI is InChI=1S/C9H11NO5S/c1-7-3-4-9(10(11)12)5-8(7)6-15-16(2,13)14/h3-5H,6H2,1-2H3. The largest absolute Gasteiger partial charge is 0.269 e. The van der Waals surface area contributed by atoms with E-state index in [1.165, 1.54) is 12.1 Å². The first-order valence-electron chi connectivity index (χ1n) is 4.38. The summed E-state index contributed by atoms with van der Waals surface area (Å²) in [4.78, 5) is 9.97. The lowest BCUT2D eigenvalue weighted by atomic mass is 10.1. The molecule has 1 aromatic carbocycles. The van der Waals surface area contributed by atoms with E-state index in [0.717, 1.165) is 11.8 Å². The Labute approximate surface area is 93.1 Å². The maximum Gasteiger partial charge on any atom is 0.269 e. The van der Waals surface area contributed by atoms with Crippen molar-refractivity contribution in [1.29, 1.82) is 0 Å². The van der Waals surface area contributed by atoms with Gasteiger partial charge in [-0.1, -0.05) is 6.07 Å². The lowest BCUT2D eigenvalue weighted by Crippen LogP contribution is -2.04. The van der Waals surface area contributed by atoms with Crippen molar-refractivity contribution >= 4 is 15.8 Å². The van der Waals surface area contributed by atoms with Crippen LogP contribution in [-0.2, 0) is 20.9 Å². The number of nitro benzene ring substituents is 1. The molecule has 0 heterocycles. The average molecular weight is 245 g/mol. The van der Waals surface area contributed by atoms with E-state index in [0.29, 0.717) is 5.56 Å². The van der Waals surface area contributed by atoms with Crippen molar-refractivity contribution in [3.8, 4) is 0 Å². The highest BCUT2D eigenvalue weighted by atomic mass is 32.2. The zero-order valence-electron chi connectivity index (χ0n) is 8.84. The van der Waals surface area contributed by atoms with Crippen LogP contribution in [0.15, 0.2) is 18.2 Å². The second kappa shape index (κ2) is 4.58. The van der Waals surface area contributed by atoms with Gasteiger partial charge in [0.25, 0.3) is 15.8 Å². The normalized spacial score (nSPS) is 11.4. The van der Waals surface area contributed by atoms with E-state index in [4.69, 9.17) is 0 Å². The average Bonchev–Trinajstić information content (AvgIpc) is 2.14. The quantitative estimate of drug-likeness (QED) is 0.454. The van der Waals surface area contributed by atoms with Gasteiger partial charge in [0, 0.05) is 12.1 Å². The first-order valence-corrected chi connectivity index (χ1v) is 6.19. The number of benzene rings is 1. The van der Waals surface area contributed by atoms with Gasteiger partial charge in [0.1, 0.15) is 0 Å². The topological polar surface area (TPSA) is 86.5 Å². The molecule has 0 fully saturated rings. The Kier molecular flexibility index (Phi) is 3.61. The minimum atomic E-state index is -3.54. The molecule has 0 aliphatic carbocycles. The van der Waals surface area contributed by atoms with Crippen molar-refractivity contribution in [2.24, 2.45) is 0 Å². The fourth-order valence-corrected chi connectivity index (χ4v) is 1.44. The molecule has 1 aromatic rings. The molecule has 0 N–H and O–H groups in total. The van der Waals surface area contributed by atoms with Crippen molar-refractivity contribution in [1.82, 2.24) is 0 Å². The van der Waals surface area contributed by atoms with Crippen molar-refractivity contribution in [2.75, 3.05) is 6.26 Å². The SMILES string of the molecule is Cc1ccc([N+](=O)[O-])cc1COS(C)(=O)=O. The van der Waals surface area contributed by atoms with Crippen LogP contribution in [0.5, 0.6) is 0 Å². The Morgan fingerprint density at radius 1 is 1.44 bits per heavy atom. The highest BCUT2D eigenvalue weighted by molar-refractivity contribution is 7.85. The lowest BCUT2D eigenvalue weighted by Gasteiger charge is -2.05. The Morgan fingerprint density at radius 2 is 2.06 bits per heavy atom. The molecule has 7 heteroatoms. The molecule has 0 atom stereocenters. The van der Waals surface area contributed by atoms with Gasteiger partial charge in [0.05, 0.1) is 17.8 Å². The maximum atomic E-state index is 10.8. The molecule has 6 nitrogen and oxygen atoms in total. The van der Waals surface area contributed by atoms with Crippen LogP contribution in [0.1, 0.15) is 11.1 Å². The summed E-state index contributed by atoms with van der Waals surface area (Å²) >= 11 is 0. The van der Waals surface area contributed by atoms with Gasteiger partial charge in [-0.3, -0.25) is 14.3 Å². The van der Waals surface area contributed by atoms with Gasteiger partial charge < -0.3 is 0 Å². The molecule has 0 aliphatic heterocycles. The number of aryl methyl sites for hydroxylation is 1. The van der Waals surface area contributed by atoms with Gasteiger partial charge in [0.2, 0.25) is 0 Å². The van der Waals surface area contributed by atoms with E-state index in [1.54, 1.807) is 13.0 Å². The van der Waals surface area contributed by atoms with Crippen molar-refractivity contribution < 1.29 is 17.5 Å². The zero-order chi connectivity index (χ0) is 12.3. The van der Waals surface area contributed by atoms with E-state index in [2.05, 4.69) is 4.18 Å². The molecule has 88 valence electrons. The third-order valence-corrected chi connectivity index (χ3v) is 2.52. The smallest absolute Gasteiger partial charge is 0.265 e. The summed E-state index contributed by atoms with van der Waals surface area (Å²) in [5, 5.41) is 10.5. The second-order valence-electron chi connectivity index (χ2n) is 3.33. The number of nitrogens with zero attached hydrogens (tertiary/aromatic N) is 1. The van der Waals surface area contributed by atoms with E-state index >= 15 is 0 Å². The second-order valence-corrected chi connectivity index (χ2v) is 4.98. The molecule has 0 amide bonds. The summed E-state index contributed by atoms with van der Waals surface area (Å²) in [6.07, 6.45) is 0.930. The monoisotopic (exact) mass is 245 g/mol. The van der Waals surface area contributed by atoms with Gasteiger partial charge in [0.15, 0.2) is 0 Å². The number of non-ortho nitro benzene ring substituents is 1. The van der Waals surface area contributed by atoms with Crippen LogP contribution >= 0.6 is 0 Å². The van der Waals surface area contributed by atoms with E-state index < -0.39 is 15.0 Å². The number of hydrogen-bond acceptors (Lipinski definition) is 5. The molecule has 0 spiro atoms. The van der Waals surface area contributed by atoms with Crippen LogP contribution in [0.3, 0.4) is 0 Å². The molecule has 16 heavy (non-hydrogen) atoms. The first-order chi connectivity index (χ1) is 7.29. The molecular formula is C9H11NO5S. The zero-order valence-corrected chi connectivity index (χ0v) is 9.65. The summed E-state index contributed by atoms with van der Waals surface area (Å²) in [7, 11) is -3.54. The summed E-state index contributed by atoms with van der Waals surface area (Å²) in [5.41, 5.74) is 1.14. The molecule has 0 saturated carbocycles. The van der Waals surface area contributed by atoms with Crippen molar-refractivity contribution in [3.05, 3.63) is 39.4 Å². The van der Waals surface area contributed by atoms with Gasteiger partial charge >= 0.3 is 0 Å². The highest BCUT2D eigenvalue weighted by Crippen LogP contribution is 2.18. The molecule has 0 aliphatic rings. The van der Waals surface area contributed by atoms with Crippen molar-refractivity contribution in [3.63, 3.8) is 0 Å². The van der Waals surface area contributed by atoms with Gasteiger partial charge in [-0.15, -0.1) is 0 Å². The van der Waals surface area contributed by atoms with Gasteiger partial charge in [-0.25, -0.2) is 0 Å². The third-order valence-electron chi connectivity index (χ3n) is 1.97.